The maximum Gasteiger partial charge on any atom is 0.478 e. The molecule has 0 aliphatic heterocycles. The average Bonchev–Trinajstić information content (AvgIpc) is 3.34. The van der Waals surface area contributed by atoms with Gasteiger partial charge in [0.05, 0.1) is 16.6 Å². The maximum atomic E-state index is 13.1. The number of hydrogen-bond donors (Lipinski definition) is 1. The SMILES string of the molecule is CC(C)(C)OC(=O)CN(CCC1(C(=O)O)CC1)C(=O)OCOP(=O)(OC(C)(C)C)OC(C)(C)C. The van der Waals surface area contributed by atoms with Gasteiger partial charge in [0, 0.05) is 6.54 Å². The smallest absolute Gasteiger partial charge is 0.478 e. The zero-order valence-electron chi connectivity index (χ0n) is 21.8. The summed E-state index contributed by atoms with van der Waals surface area (Å²) in [5.41, 5.74) is -3.42. The predicted octanol–water partition coefficient (Wildman–Crippen LogP) is 4.73. The van der Waals surface area contributed by atoms with Crippen LogP contribution in [0, 0.1) is 5.41 Å². The van der Waals surface area contributed by atoms with Crippen LogP contribution in [0.25, 0.3) is 0 Å². The van der Waals surface area contributed by atoms with E-state index >= 15 is 0 Å². The third-order valence-electron chi connectivity index (χ3n) is 4.33. The number of phosphoric ester groups is 1. The molecule has 1 rings (SSSR count). The second-order valence-electron chi connectivity index (χ2n) is 11.4. The number of esters is 1. The van der Waals surface area contributed by atoms with Gasteiger partial charge in [0.1, 0.15) is 12.1 Å². The van der Waals surface area contributed by atoms with Crippen molar-refractivity contribution in [1.29, 1.82) is 0 Å². The molecule has 1 N–H and O–H groups in total. The summed E-state index contributed by atoms with van der Waals surface area (Å²) in [6, 6.07) is 0. The fourth-order valence-electron chi connectivity index (χ4n) is 2.81. The summed E-state index contributed by atoms with van der Waals surface area (Å²) < 4.78 is 39.5. The Balaban J connectivity index is 2.85. The lowest BCUT2D eigenvalue weighted by atomic mass is 10.0. The second kappa shape index (κ2) is 10.9. The third kappa shape index (κ3) is 11.6. The van der Waals surface area contributed by atoms with Crippen molar-refractivity contribution in [3.63, 3.8) is 0 Å². The molecule has 0 aromatic carbocycles. The van der Waals surface area contributed by atoms with Crippen molar-refractivity contribution >= 4 is 25.9 Å². The number of hydrogen-bond acceptors (Lipinski definition) is 9. The monoisotopic (exact) mass is 509 g/mol. The average molecular weight is 510 g/mol. The van der Waals surface area contributed by atoms with E-state index in [9.17, 15) is 24.1 Å². The molecule has 0 bridgehead atoms. The van der Waals surface area contributed by atoms with Crippen LogP contribution in [0.4, 0.5) is 4.79 Å². The Morgan fingerprint density at radius 1 is 0.912 bits per heavy atom. The number of phosphoric acid groups is 1. The Bertz CT molecular complexity index is 767. The number of rotatable bonds is 11. The van der Waals surface area contributed by atoms with Gasteiger partial charge in [-0.3, -0.25) is 23.5 Å². The molecular weight excluding hydrogens is 469 g/mol. The molecule has 0 aromatic heterocycles. The first-order chi connectivity index (χ1) is 15.2. The summed E-state index contributed by atoms with van der Waals surface area (Å²) in [7, 11) is -4.11. The summed E-state index contributed by atoms with van der Waals surface area (Å²) in [5, 5.41) is 9.40. The minimum absolute atomic E-state index is 0.0426. The molecule has 0 aromatic rings. The van der Waals surface area contributed by atoms with Gasteiger partial charge in [0.2, 0.25) is 6.79 Å². The van der Waals surface area contributed by atoms with E-state index in [4.69, 9.17) is 23.0 Å². The third-order valence-corrected chi connectivity index (χ3v) is 6.29. The molecule has 0 atom stereocenters. The Labute approximate surface area is 202 Å². The van der Waals surface area contributed by atoms with Gasteiger partial charge in [0.25, 0.3) is 0 Å². The highest BCUT2D eigenvalue weighted by atomic mass is 31.2. The van der Waals surface area contributed by atoms with E-state index in [0.29, 0.717) is 12.8 Å². The van der Waals surface area contributed by atoms with Crippen LogP contribution in [0.1, 0.15) is 81.6 Å². The fraction of sp³-hybridized carbons (Fsp3) is 0.864. The summed E-state index contributed by atoms with van der Waals surface area (Å²) in [6.07, 6.45) is 0.196. The number of aliphatic carboxylic acids is 1. The maximum absolute atomic E-state index is 13.1. The highest BCUT2D eigenvalue weighted by molar-refractivity contribution is 7.48. The Hall–Kier alpha value is -1.68. The summed E-state index contributed by atoms with van der Waals surface area (Å²) >= 11 is 0. The van der Waals surface area contributed by atoms with Crippen LogP contribution in [0.2, 0.25) is 0 Å². The molecule has 0 spiro atoms. The van der Waals surface area contributed by atoms with Crippen molar-refractivity contribution in [2.75, 3.05) is 19.9 Å². The van der Waals surface area contributed by atoms with Gasteiger partial charge in [-0.1, -0.05) is 0 Å². The number of nitrogens with zero attached hydrogens (tertiary/aromatic N) is 1. The van der Waals surface area contributed by atoms with Crippen LogP contribution >= 0.6 is 7.82 Å². The topological polar surface area (TPSA) is 138 Å². The van der Waals surface area contributed by atoms with E-state index in [0.717, 1.165) is 4.90 Å². The number of ether oxygens (including phenoxy) is 2. The normalized spacial score (nSPS) is 16.0. The van der Waals surface area contributed by atoms with Crippen LogP contribution in [0.15, 0.2) is 0 Å². The fourth-order valence-corrected chi connectivity index (χ4v) is 4.48. The lowest BCUT2D eigenvalue weighted by Gasteiger charge is -2.31. The Morgan fingerprint density at radius 2 is 1.41 bits per heavy atom. The first kappa shape index (κ1) is 30.4. The lowest BCUT2D eigenvalue weighted by Crippen LogP contribution is -2.41. The van der Waals surface area contributed by atoms with Gasteiger partial charge in [-0.15, -0.1) is 0 Å². The molecule has 1 fully saturated rings. The molecular formula is C22H40NO10P. The number of amides is 1. The second-order valence-corrected chi connectivity index (χ2v) is 12.9. The lowest BCUT2D eigenvalue weighted by molar-refractivity contribution is -0.156. The molecule has 1 aliphatic rings. The molecule has 1 aliphatic carbocycles. The van der Waals surface area contributed by atoms with Crippen molar-refractivity contribution < 1.29 is 47.1 Å². The van der Waals surface area contributed by atoms with E-state index in [1.807, 2.05) is 0 Å². The zero-order chi connectivity index (χ0) is 26.6. The van der Waals surface area contributed by atoms with Gasteiger partial charge in [0.15, 0.2) is 0 Å². The standard InChI is InChI=1S/C22H40NO10P/c1-19(2,3)31-16(24)14-23(13-12-22(10-11-22)17(25)26)18(27)29-15-30-34(28,32-20(4,5)6)33-21(7,8)9/h10-15H2,1-9H3,(H,25,26). The summed E-state index contributed by atoms with van der Waals surface area (Å²) in [4.78, 5) is 37.5. The molecule has 0 heterocycles. The van der Waals surface area contributed by atoms with E-state index in [1.165, 1.54) is 0 Å². The quantitative estimate of drug-likeness (QED) is 0.236. The van der Waals surface area contributed by atoms with E-state index in [2.05, 4.69) is 0 Å². The zero-order valence-corrected chi connectivity index (χ0v) is 22.7. The van der Waals surface area contributed by atoms with Crippen LogP contribution < -0.4 is 0 Å². The van der Waals surface area contributed by atoms with Crippen LogP contribution in [-0.2, 0) is 37.2 Å². The molecule has 0 saturated heterocycles. The highest BCUT2D eigenvalue weighted by Crippen LogP contribution is 2.55. The van der Waals surface area contributed by atoms with Gasteiger partial charge < -0.3 is 14.6 Å². The van der Waals surface area contributed by atoms with Crippen LogP contribution in [-0.4, -0.2) is 64.7 Å². The molecule has 1 amide bonds. The van der Waals surface area contributed by atoms with Gasteiger partial charge in [-0.25, -0.2) is 13.9 Å². The number of carboxylic acid groups (broad SMARTS) is 1. The largest absolute Gasteiger partial charge is 0.481 e. The van der Waals surface area contributed by atoms with Gasteiger partial charge in [-0.05, 0) is 81.6 Å². The Kier molecular flexibility index (Phi) is 9.76. The van der Waals surface area contributed by atoms with Crippen molar-refractivity contribution in [2.45, 2.75) is 98.4 Å². The van der Waals surface area contributed by atoms with Crippen LogP contribution in [0.5, 0.6) is 0 Å². The minimum atomic E-state index is -4.11. The van der Waals surface area contributed by atoms with E-state index < -0.39 is 61.4 Å². The molecule has 198 valence electrons. The molecule has 0 unspecified atom stereocenters. The molecule has 11 nitrogen and oxygen atoms in total. The number of carboxylic acids is 1. The molecule has 0 radical (unpaired) electrons. The van der Waals surface area contributed by atoms with E-state index in [-0.39, 0.29) is 13.0 Å². The predicted molar refractivity (Wildman–Crippen MR) is 123 cm³/mol. The number of carbonyl (C=O) groups excluding carboxylic acids is 2. The van der Waals surface area contributed by atoms with Crippen molar-refractivity contribution in [2.24, 2.45) is 5.41 Å². The van der Waals surface area contributed by atoms with Gasteiger partial charge >= 0.3 is 25.9 Å². The molecule has 12 heteroatoms. The Morgan fingerprint density at radius 3 is 1.79 bits per heavy atom. The summed E-state index contributed by atoms with van der Waals surface area (Å²) in [6.45, 7) is 13.8. The molecule has 1 saturated carbocycles. The minimum Gasteiger partial charge on any atom is -0.481 e. The first-order valence-electron chi connectivity index (χ1n) is 11.2. The van der Waals surface area contributed by atoms with Crippen molar-refractivity contribution in [3.8, 4) is 0 Å². The molecule has 34 heavy (non-hydrogen) atoms. The van der Waals surface area contributed by atoms with Crippen LogP contribution in [0.3, 0.4) is 0 Å². The highest BCUT2D eigenvalue weighted by Gasteiger charge is 2.50. The summed E-state index contributed by atoms with van der Waals surface area (Å²) in [5.74, 6) is -1.62. The van der Waals surface area contributed by atoms with E-state index in [1.54, 1.807) is 62.3 Å². The van der Waals surface area contributed by atoms with Crippen molar-refractivity contribution in [3.05, 3.63) is 0 Å². The first-order valence-corrected chi connectivity index (χ1v) is 12.6. The number of carbonyl (C=O) groups is 3. The van der Waals surface area contributed by atoms with Gasteiger partial charge in [-0.2, -0.15) is 0 Å². The van der Waals surface area contributed by atoms with Crippen molar-refractivity contribution in [1.82, 2.24) is 4.90 Å².